The van der Waals surface area contributed by atoms with Gasteiger partial charge in [-0.05, 0) is 12.5 Å². The van der Waals surface area contributed by atoms with Gasteiger partial charge in [-0.2, -0.15) is 0 Å². The molecule has 0 aliphatic carbocycles. The first-order chi connectivity index (χ1) is 8.86. The molecule has 0 unspecified atom stereocenters. The largest absolute Gasteiger partial charge is 0.269 e. The molecule has 1 rings (SSSR count). The fraction of sp³-hybridized carbons (Fsp3) is 0.455. The minimum atomic E-state index is -1.67. The summed E-state index contributed by atoms with van der Waals surface area (Å²) >= 11 is 17.6. The Hall–Kier alpha value is 0.190. The Labute approximate surface area is 134 Å². The van der Waals surface area contributed by atoms with Crippen molar-refractivity contribution >= 4 is 62.1 Å². The zero-order valence-corrected chi connectivity index (χ0v) is 14.0. The van der Waals surface area contributed by atoms with Crippen molar-refractivity contribution in [3.05, 3.63) is 33.9 Å². The monoisotopic (exact) mass is 359 g/mol. The molecule has 0 aliphatic rings. The number of hydrogen-bond acceptors (Lipinski definition) is 4. The van der Waals surface area contributed by atoms with Crippen molar-refractivity contribution in [1.82, 2.24) is 0 Å². The molecule has 1 aromatic rings. The Morgan fingerprint density at radius 2 is 2.05 bits per heavy atom. The van der Waals surface area contributed by atoms with E-state index in [1.165, 1.54) is 22.9 Å². The predicted molar refractivity (Wildman–Crippen MR) is 85.6 cm³/mol. The predicted octanol–water partition coefficient (Wildman–Crippen LogP) is 5.96. The van der Waals surface area contributed by atoms with Gasteiger partial charge in [-0.15, -0.1) is 0 Å². The SMILES string of the molecule is CCCCSSc1ccc([N+](=O)[O-])cc1C(Cl)(Cl)Cl. The van der Waals surface area contributed by atoms with Gasteiger partial charge in [0.1, 0.15) is 0 Å². The number of nitrogens with zero attached hydrogens (tertiary/aromatic N) is 1. The van der Waals surface area contributed by atoms with Crippen molar-refractivity contribution in [1.29, 1.82) is 0 Å². The highest BCUT2D eigenvalue weighted by Crippen LogP contribution is 2.46. The summed E-state index contributed by atoms with van der Waals surface area (Å²) in [5, 5.41) is 10.8. The van der Waals surface area contributed by atoms with Crippen molar-refractivity contribution in [3.8, 4) is 0 Å². The third-order valence-corrected chi connectivity index (χ3v) is 5.32. The van der Waals surface area contributed by atoms with Crippen LogP contribution in [0.25, 0.3) is 0 Å². The number of rotatable bonds is 6. The Bertz CT molecular complexity index is 452. The third kappa shape index (κ3) is 5.60. The Kier molecular flexibility index (Phi) is 7.11. The Morgan fingerprint density at radius 3 is 2.58 bits per heavy atom. The van der Waals surface area contributed by atoms with Gasteiger partial charge < -0.3 is 0 Å². The first-order valence-electron chi connectivity index (χ1n) is 5.51. The van der Waals surface area contributed by atoms with Crippen LogP contribution in [0.1, 0.15) is 25.3 Å². The van der Waals surface area contributed by atoms with E-state index in [4.69, 9.17) is 34.8 Å². The van der Waals surface area contributed by atoms with Crippen LogP contribution in [0, 0.1) is 10.1 Å². The lowest BCUT2D eigenvalue weighted by Gasteiger charge is -2.15. The molecule has 0 heterocycles. The maximum atomic E-state index is 10.8. The van der Waals surface area contributed by atoms with Gasteiger partial charge in [0.25, 0.3) is 5.69 Å². The summed E-state index contributed by atoms with van der Waals surface area (Å²) in [5.41, 5.74) is 0.268. The van der Waals surface area contributed by atoms with Crippen LogP contribution in [0.5, 0.6) is 0 Å². The average molecular weight is 361 g/mol. The molecule has 0 radical (unpaired) electrons. The maximum Gasteiger partial charge on any atom is 0.269 e. The van der Waals surface area contributed by atoms with Gasteiger partial charge in [-0.25, -0.2) is 0 Å². The molecule has 0 N–H and O–H groups in total. The molecule has 0 amide bonds. The molecule has 0 aliphatic heterocycles. The van der Waals surface area contributed by atoms with Gasteiger partial charge in [0.2, 0.25) is 3.79 Å². The molecule has 106 valence electrons. The fourth-order valence-corrected chi connectivity index (χ4v) is 4.33. The normalized spacial score (nSPS) is 11.6. The smallest absolute Gasteiger partial charge is 0.258 e. The zero-order valence-electron chi connectivity index (χ0n) is 10.1. The maximum absolute atomic E-state index is 10.8. The first kappa shape index (κ1) is 17.2. The van der Waals surface area contributed by atoms with Crippen molar-refractivity contribution in [2.75, 3.05) is 5.75 Å². The number of alkyl halides is 3. The van der Waals surface area contributed by atoms with Crippen LogP contribution >= 0.6 is 56.4 Å². The van der Waals surface area contributed by atoms with Crippen molar-refractivity contribution < 1.29 is 4.92 Å². The third-order valence-electron chi connectivity index (χ3n) is 2.21. The molecule has 0 spiro atoms. The summed E-state index contributed by atoms with van der Waals surface area (Å²) in [4.78, 5) is 11.0. The van der Waals surface area contributed by atoms with Crippen molar-refractivity contribution in [2.24, 2.45) is 0 Å². The second-order valence-electron chi connectivity index (χ2n) is 3.69. The summed E-state index contributed by atoms with van der Waals surface area (Å²) in [6.07, 6.45) is 2.22. The molecule has 0 saturated carbocycles. The number of halogens is 3. The van der Waals surface area contributed by atoms with E-state index in [0.29, 0.717) is 5.56 Å². The summed E-state index contributed by atoms with van der Waals surface area (Å²) in [7, 11) is 3.12. The fourth-order valence-electron chi connectivity index (χ4n) is 1.23. The van der Waals surface area contributed by atoms with Crippen LogP contribution < -0.4 is 0 Å². The van der Waals surface area contributed by atoms with E-state index in [2.05, 4.69) is 6.92 Å². The molecule has 19 heavy (non-hydrogen) atoms. The molecular formula is C11H12Cl3NO2S2. The van der Waals surface area contributed by atoms with E-state index in [9.17, 15) is 10.1 Å². The molecule has 1 aromatic carbocycles. The van der Waals surface area contributed by atoms with E-state index < -0.39 is 8.72 Å². The molecule has 0 atom stereocenters. The van der Waals surface area contributed by atoms with E-state index in [-0.39, 0.29) is 5.69 Å². The van der Waals surface area contributed by atoms with E-state index in [0.717, 1.165) is 23.5 Å². The van der Waals surface area contributed by atoms with Crippen LogP contribution in [0.4, 0.5) is 5.69 Å². The first-order valence-corrected chi connectivity index (χ1v) is 8.96. The highest BCUT2D eigenvalue weighted by molar-refractivity contribution is 8.76. The molecule has 0 fully saturated rings. The Morgan fingerprint density at radius 1 is 1.37 bits per heavy atom. The average Bonchev–Trinajstić information content (AvgIpc) is 2.33. The number of unbranched alkanes of at least 4 members (excludes halogenated alkanes) is 1. The van der Waals surface area contributed by atoms with E-state index in [1.807, 2.05) is 0 Å². The zero-order chi connectivity index (χ0) is 14.5. The van der Waals surface area contributed by atoms with Crippen LogP contribution in [0.3, 0.4) is 0 Å². The molecular weight excluding hydrogens is 349 g/mol. The summed E-state index contributed by atoms with van der Waals surface area (Å²) < 4.78 is -1.67. The minimum Gasteiger partial charge on any atom is -0.258 e. The number of non-ortho nitro benzene ring substituents is 1. The topological polar surface area (TPSA) is 43.1 Å². The number of nitro benzene ring substituents is 1. The van der Waals surface area contributed by atoms with Crippen LogP contribution in [-0.2, 0) is 3.79 Å². The van der Waals surface area contributed by atoms with Gasteiger partial charge in [0.05, 0.1) is 4.92 Å². The summed E-state index contributed by atoms with van der Waals surface area (Å²) in [6.45, 7) is 2.11. The number of nitro groups is 1. The summed E-state index contributed by atoms with van der Waals surface area (Å²) in [6, 6.07) is 4.36. The van der Waals surface area contributed by atoms with E-state index in [1.54, 1.807) is 16.9 Å². The van der Waals surface area contributed by atoms with Crippen molar-refractivity contribution in [3.63, 3.8) is 0 Å². The molecule has 3 nitrogen and oxygen atoms in total. The lowest BCUT2D eigenvalue weighted by molar-refractivity contribution is -0.385. The second kappa shape index (κ2) is 7.84. The van der Waals surface area contributed by atoms with Crippen LogP contribution in [0.2, 0.25) is 0 Å². The molecule has 0 aromatic heterocycles. The van der Waals surface area contributed by atoms with Gasteiger partial charge in [-0.1, -0.05) is 69.7 Å². The number of benzene rings is 1. The van der Waals surface area contributed by atoms with Crippen LogP contribution in [0.15, 0.2) is 23.1 Å². The van der Waals surface area contributed by atoms with E-state index >= 15 is 0 Å². The number of hydrogen-bond donors (Lipinski definition) is 0. The molecule has 0 saturated heterocycles. The van der Waals surface area contributed by atoms with Gasteiger partial charge in [-0.3, -0.25) is 10.1 Å². The minimum absolute atomic E-state index is 0.0794. The standard InChI is InChI=1S/C11H12Cl3NO2S2/c1-2-3-6-18-19-10-5-4-8(15(16)17)7-9(10)11(12,13)14/h4-5,7H,2-3,6H2,1H3. The van der Waals surface area contributed by atoms with Crippen LogP contribution in [-0.4, -0.2) is 10.7 Å². The Balaban J connectivity index is 2.93. The molecule has 0 bridgehead atoms. The van der Waals surface area contributed by atoms with Gasteiger partial charge in [0, 0.05) is 28.3 Å². The lowest BCUT2D eigenvalue weighted by atomic mass is 10.2. The lowest BCUT2D eigenvalue weighted by Crippen LogP contribution is -2.03. The second-order valence-corrected chi connectivity index (χ2v) is 8.43. The van der Waals surface area contributed by atoms with Crippen molar-refractivity contribution in [2.45, 2.75) is 28.5 Å². The summed E-state index contributed by atoms with van der Waals surface area (Å²) in [5.74, 6) is 0.984. The van der Waals surface area contributed by atoms with Gasteiger partial charge in [0.15, 0.2) is 0 Å². The highest BCUT2D eigenvalue weighted by atomic mass is 35.6. The molecule has 8 heteroatoms. The van der Waals surface area contributed by atoms with Gasteiger partial charge >= 0.3 is 0 Å². The quantitative estimate of drug-likeness (QED) is 0.206. The highest BCUT2D eigenvalue weighted by Gasteiger charge is 2.28.